The number of aliphatic hydroxyl groups is 1. The van der Waals surface area contributed by atoms with Crippen LogP contribution in [0.15, 0.2) is 11.6 Å². The molecule has 0 radical (unpaired) electrons. The molecule has 0 saturated carbocycles. The van der Waals surface area contributed by atoms with Crippen LogP contribution in [0.3, 0.4) is 0 Å². The average Bonchev–Trinajstić information content (AvgIpc) is 3.47. The Morgan fingerprint density at radius 3 is 2.76 bits per heavy atom. The van der Waals surface area contributed by atoms with Gasteiger partial charge >= 0.3 is 0 Å². The van der Waals surface area contributed by atoms with Crippen molar-refractivity contribution in [1.29, 1.82) is 5.26 Å². The van der Waals surface area contributed by atoms with Crippen molar-refractivity contribution in [1.82, 2.24) is 34.4 Å². The molecular formula is C22H26N10O3S2. The quantitative estimate of drug-likeness (QED) is 0.389. The number of nitrogens with zero attached hydrogens (tertiary/aromatic N) is 8. The van der Waals surface area contributed by atoms with E-state index < -0.39 is 14.9 Å². The van der Waals surface area contributed by atoms with Crippen molar-refractivity contribution in [2.75, 3.05) is 30.4 Å². The van der Waals surface area contributed by atoms with Gasteiger partial charge in [-0.05, 0) is 25.7 Å². The molecule has 2 unspecified atom stereocenters. The van der Waals surface area contributed by atoms with Crippen LogP contribution in [0.4, 0.5) is 17.6 Å². The highest BCUT2D eigenvalue weighted by molar-refractivity contribution is 7.90. The fourth-order valence-corrected chi connectivity index (χ4v) is 9.74. The lowest BCUT2D eigenvalue weighted by molar-refractivity contribution is -0.177. The third-order valence-corrected chi connectivity index (χ3v) is 11.6. The first kappa shape index (κ1) is 23.2. The number of fused-ring (bicyclic) bond motifs is 1. The molecule has 4 saturated heterocycles. The molecule has 3 N–H and O–H groups in total. The normalized spacial score (nSPS) is 29.6. The van der Waals surface area contributed by atoms with E-state index in [0.717, 1.165) is 17.7 Å². The molecule has 0 amide bonds. The predicted octanol–water partition coefficient (Wildman–Crippen LogP) is 0.972. The van der Waals surface area contributed by atoms with Crippen LogP contribution in [-0.4, -0.2) is 91.0 Å². The van der Waals surface area contributed by atoms with E-state index in [9.17, 15) is 13.5 Å². The molecular weight excluding hydrogens is 516 g/mol. The molecule has 0 aliphatic carbocycles. The van der Waals surface area contributed by atoms with E-state index in [1.54, 1.807) is 11.6 Å². The van der Waals surface area contributed by atoms with E-state index in [2.05, 4.69) is 36.4 Å². The van der Waals surface area contributed by atoms with Crippen LogP contribution in [0.5, 0.6) is 0 Å². The largest absolute Gasteiger partial charge is 0.390 e. The number of hydrogen-bond acceptors (Lipinski definition) is 12. The number of nitrogens with one attached hydrogen (secondary N) is 2. The molecule has 4 atom stereocenters. The summed E-state index contributed by atoms with van der Waals surface area (Å²) in [6, 6.07) is 4.50. The number of aliphatic hydroxyl groups excluding tert-OH is 1. The van der Waals surface area contributed by atoms with Crippen LogP contribution in [0.2, 0.25) is 0 Å². The van der Waals surface area contributed by atoms with E-state index >= 15 is 0 Å². The predicted molar refractivity (Wildman–Crippen MR) is 135 cm³/mol. The first-order valence-corrected chi connectivity index (χ1v) is 14.6. The fourth-order valence-electron chi connectivity index (χ4n) is 6.49. The molecule has 3 aromatic rings. The number of rotatable bonds is 7. The van der Waals surface area contributed by atoms with Gasteiger partial charge in [-0.25, -0.2) is 13.4 Å². The molecule has 194 valence electrons. The highest BCUT2D eigenvalue weighted by Gasteiger charge is 2.73. The number of aromatic nitrogens is 5. The second kappa shape index (κ2) is 8.05. The molecule has 3 aromatic heterocycles. The monoisotopic (exact) mass is 542 g/mol. The summed E-state index contributed by atoms with van der Waals surface area (Å²) >= 11 is 1.44. The molecule has 4 aliphatic rings. The van der Waals surface area contributed by atoms with E-state index in [1.165, 1.54) is 15.6 Å². The molecule has 0 spiro atoms. The van der Waals surface area contributed by atoms with E-state index in [1.807, 2.05) is 7.05 Å². The highest BCUT2D eigenvalue weighted by Crippen LogP contribution is 2.60. The van der Waals surface area contributed by atoms with Gasteiger partial charge in [-0.3, -0.25) is 10.00 Å². The number of H-pyrrole nitrogens is 1. The van der Waals surface area contributed by atoms with Crippen molar-refractivity contribution < 1.29 is 13.5 Å². The van der Waals surface area contributed by atoms with Crippen LogP contribution in [0, 0.1) is 17.2 Å². The van der Waals surface area contributed by atoms with Crippen molar-refractivity contribution in [2.45, 2.75) is 55.3 Å². The minimum atomic E-state index is -3.42. The second-order valence-corrected chi connectivity index (χ2v) is 13.5. The van der Waals surface area contributed by atoms with Crippen molar-refractivity contribution in [3.8, 4) is 6.07 Å². The molecule has 7 rings (SSSR count). The molecule has 4 fully saturated rings. The van der Waals surface area contributed by atoms with Gasteiger partial charge in [0.25, 0.3) is 0 Å². The maximum atomic E-state index is 13.3. The van der Waals surface area contributed by atoms with Gasteiger partial charge < -0.3 is 15.3 Å². The summed E-state index contributed by atoms with van der Waals surface area (Å²) < 4.78 is 28.2. The number of nitriles is 1. The first-order valence-electron chi connectivity index (χ1n) is 12.3. The summed E-state index contributed by atoms with van der Waals surface area (Å²) in [6.45, 7) is 0.505. The van der Waals surface area contributed by atoms with Gasteiger partial charge in [0, 0.05) is 44.3 Å². The van der Waals surface area contributed by atoms with Crippen molar-refractivity contribution in [2.24, 2.45) is 5.92 Å². The SMILES string of the molecule is CN(c1nc(Nc2cc(CO)[nH]n2)c2ncsc2n1)C1C[C@@H]2CC3(S(=O)(=O)N4CC(C#N)C4)C[C@H](C1)N23. The number of piperidine rings is 2. The van der Waals surface area contributed by atoms with E-state index in [0.29, 0.717) is 54.7 Å². The Bertz CT molecular complexity index is 1510. The Kier molecular flexibility index (Phi) is 5.05. The fraction of sp³-hybridized carbons (Fsp3) is 0.591. The minimum Gasteiger partial charge on any atom is -0.390 e. The summed E-state index contributed by atoms with van der Waals surface area (Å²) in [5, 5.41) is 28.5. The summed E-state index contributed by atoms with van der Waals surface area (Å²) in [4.78, 5) is 18.3. The Morgan fingerprint density at radius 2 is 2.08 bits per heavy atom. The number of sulfonamides is 1. The summed E-state index contributed by atoms with van der Waals surface area (Å²) in [7, 11) is -1.43. The van der Waals surface area contributed by atoms with Gasteiger partial charge in [0.15, 0.2) is 16.5 Å². The lowest BCUT2D eigenvalue weighted by Gasteiger charge is -2.73. The summed E-state index contributed by atoms with van der Waals surface area (Å²) in [6.07, 6.45) is 2.96. The van der Waals surface area contributed by atoms with Gasteiger partial charge in [0.2, 0.25) is 16.0 Å². The van der Waals surface area contributed by atoms with Gasteiger partial charge in [0.05, 0.1) is 29.8 Å². The van der Waals surface area contributed by atoms with E-state index in [4.69, 9.17) is 15.2 Å². The van der Waals surface area contributed by atoms with Crippen molar-refractivity contribution in [3.05, 3.63) is 17.3 Å². The molecule has 37 heavy (non-hydrogen) atoms. The highest BCUT2D eigenvalue weighted by atomic mass is 32.2. The van der Waals surface area contributed by atoms with E-state index in [-0.39, 0.29) is 30.7 Å². The first-order chi connectivity index (χ1) is 17.8. The topological polar surface area (TPSA) is 167 Å². The Labute approximate surface area is 217 Å². The number of thiazole rings is 1. The minimum absolute atomic E-state index is 0.138. The standard InChI is InChI=1S/C22H26N10O3S2/c1-30(21-26-19(18-20(27-21)36-11-24-18)25-17-2-13(10-33)28-29-17)14-3-15-5-22(6-16(4-14)32(15)22)37(34,35)31-8-12(7-23)9-31/h2,11-12,14-16,33H,3-6,8-10H2,1H3,(H2,25,26,27,28,29)/t14?,15-,16+,22?. The molecule has 13 nitrogen and oxygen atoms in total. The van der Waals surface area contributed by atoms with Gasteiger partial charge in [-0.15, -0.1) is 11.3 Å². The zero-order valence-electron chi connectivity index (χ0n) is 20.1. The number of aromatic amines is 1. The molecule has 0 bridgehead atoms. The van der Waals surface area contributed by atoms with Crippen LogP contribution in [0.1, 0.15) is 31.4 Å². The van der Waals surface area contributed by atoms with Gasteiger partial charge in [-0.1, -0.05) is 0 Å². The Hall–Kier alpha value is -2.90. The Balaban J connectivity index is 1.09. The smallest absolute Gasteiger partial charge is 0.233 e. The number of hydrogen-bond donors (Lipinski definition) is 3. The Morgan fingerprint density at radius 1 is 1.32 bits per heavy atom. The molecule has 7 heterocycles. The molecule has 0 aromatic carbocycles. The third kappa shape index (κ3) is 3.26. The maximum Gasteiger partial charge on any atom is 0.233 e. The van der Waals surface area contributed by atoms with Crippen LogP contribution in [0.25, 0.3) is 10.3 Å². The summed E-state index contributed by atoms with van der Waals surface area (Å²) in [5.74, 6) is 1.47. The lowest BCUT2D eigenvalue weighted by Crippen LogP contribution is -2.85. The van der Waals surface area contributed by atoms with Gasteiger partial charge in [-0.2, -0.15) is 24.6 Å². The third-order valence-electron chi connectivity index (χ3n) is 8.40. The van der Waals surface area contributed by atoms with Gasteiger partial charge in [0.1, 0.15) is 10.4 Å². The average molecular weight is 543 g/mol. The van der Waals surface area contributed by atoms with Crippen LogP contribution < -0.4 is 10.2 Å². The van der Waals surface area contributed by atoms with Crippen molar-refractivity contribution in [3.63, 3.8) is 0 Å². The van der Waals surface area contributed by atoms with Crippen molar-refractivity contribution >= 4 is 49.3 Å². The van der Waals surface area contributed by atoms with Crippen LogP contribution >= 0.6 is 11.3 Å². The molecule has 15 heteroatoms. The van der Waals surface area contributed by atoms with Crippen LogP contribution in [-0.2, 0) is 16.6 Å². The second-order valence-electron chi connectivity index (χ2n) is 10.4. The zero-order valence-corrected chi connectivity index (χ0v) is 21.7. The number of anilines is 3. The zero-order chi connectivity index (χ0) is 25.5. The molecule has 4 aliphatic heterocycles. The summed E-state index contributed by atoms with van der Waals surface area (Å²) in [5.41, 5.74) is 2.98. The lowest BCUT2D eigenvalue weighted by atomic mass is 9.67. The maximum absolute atomic E-state index is 13.3.